The van der Waals surface area contributed by atoms with Gasteiger partial charge in [0, 0.05) is 31.1 Å². The molecule has 30 heavy (non-hydrogen) atoms. The quantitative estimate of drug-likeness (QED) is 0.781. The van der Waals surface area contributed by atoms with E-state index in [4.69, 9.17) is 19.4 Å². The fourth-order valence-electron chi connectivity index (χ4n) is 4.01. The van der Waals surface area contributed by atoms with Crippen LogP contribution in [-0.2, 0) is 9.53 Å². The minimum atomic E-state index is -0.250. The zero-order chi connectivity index (χ0) is 21.5. The molecule has 0 radical (unpaired) electrons. The predicted octanol–water partition coefficient (Wildman–Crippen LogP) is 2.47. The van der Waals surface area contributed by atoms with Crippen molar-refractivity contribution in [3.8, 4) is 16.9 Å². The second-order valence-corrected chi connectivity index (χ2v) is 7.62. The van der Waals surface area contributed by atoms with Crippen molar-refractivity contribution in [2.75, 3.05) is 47.0 Å². The molecule has 7 heteroatoms. The number of methoxy groups -OCH3 is 1. The van der Waals surface area contributed by atoms with Crippen LogP contribution in [0.25, 0.3) is 11.1 Å². The van der Waals surface area contributed by atoms with E-state index >= 15 is 0 Å². The number of likely N-dealkylation sites (N-methyl/N-ethyl adjacent to an activating group) is 1. The van der Waals surface area contributed by atoms with Crippen LogP contribution in [0.2, 0.25) is 0 Å². The number of fused-ring (bicyclic) bond motifs is 3. The van der Waals surface area contributed by atoms with Crippen molar-refractivity contribution in [1.82, 2.24) is 9.80 Å². The molecular weight excluding hydrogens is 384 g/mol. The number of benzene rings is 2. The molecule has 0 saturated carbocycles. The lowest BCUT2D eigenvalue weighted by molar-refractivity contribution is -0.122. The molecule has 0 unspecified atom stereocenters. The standard InChI is InChI=1S/C22H26N2O3.CH2O2/c1-23-11-16-12-24(13-20(23)15-27-14-16)22(25)19-5-3-4-18(10-19)17-6-8-21(26-2)9-7-17;2-1-3/h3-10,16,20H,11-15H2,1-2H3;1H,(H,2,3)/t16-,20+;/m1./s1. The van der Waals surface area contributed by atoms with Crippen LogP contribution in [0.15, 0.2) is 48.5 Å². The maximum atomic E-state index is 13.2. The van der Waals surface area contributed by atoms with Gasteiger partial charge < -0.3 is 19.5 Å². The SMILES string of the molecule is COc1ccc(-c2cccc(C(=O)N3C[C@@H]4COC[C@H](C3)N(C)C4)c2)cc1.O=CO. The van der Waals surface area contributed by atoms with E-state index in [1.807, 2.05) is 53.4 Å². The second-order valence-electron chi connectivity index (χ2n) is 7.62. The van der Waals surface area contributed by atoms with Crippen LogP contribution >= 0.6 is 0 Å². The Bertz CT molecular complexity index is 855. The van der Waals surface area contributed by atoms with Crippen molar-refractivity contribution >= 4 is 12.4 Å². The van der Waals surface area contributed by atoms with Gasteiger partial charge in [0.25, 0.3) is 12.4 Å². The normalized spacial score (nSPS) is 21.1. The number of hydrogen-bond acceptors (Lipinski definition) is 5. The van der Waals surface area contributed by atoms with Crippen molar-refractivity contribution in [3.05, 3.63) is 54.1 Å². The molecule has 2 aromatic carbocycles. The van der Waals surface area contributed by atoms with Crippen molar-refractivity contribution in [2.24, 2.45) is 5.92 Å². The summed E-state index contributed by atoms with van der Waals surface area (Å²) in [4.78, 5) is 25.9. The van der Waals surface area contributed by atoms with Crippen molar-refractivity contribution < 1.29 is 24.2 Å². The van der Waals surface area contributed by atoms with E-state index in [1.165, 1.54) is 0 Å². The van der Waals surface area contributed by atoms with E-state index in [0.29, 0.717) is 12.5 Å². The monoisotopic (exact) mass is 412 g/mol. The number of hydrogen-bond donors (Lipinski definition) is 1. The third kappa shape index (κ3) is 5.17. The van der Waals surface area contributed by atoms with E-state index in [1.54, 1.807) is 7.11 Å². The summed E-state index contributed by atoms with van der Waals surface area (Å²) >= 11 is 0. The Morgan fingerprint density at radius 3 is 2.53 bits per heavy atom. The molecule has 4 rings (SSSR count). The Morgan fingerprint density at radius 2 is 1.83 bits per heavy atom. The first-order valence-corrected chi connectivity index (χ1v) is 9.95. The third-order valence-electron chi connectivity index (χ3n) is 5.56. The molecule has 0 aromatic heterocycles. The largest absolute Gasteiger partial charge is 0.497 e. The van der Waals surface area contributed by atoms with Crippen molar-refractivity contribution in [2.45, 2.75) is 6.04 Å². The van der Waals surface area contributed by atoms with Gasteiger partial charge in [-0.15, -0.1) is 0 Å². The van der Waals surface area contributed by atoms with Crippen molar-refractivity contribution in [1.29, 1.82) is 0 Å². The zero-order valence-corrected chi connectivity index (χ0v) is 17.4. The summed E-state index contributed by atoms with van der Waals surface area (Å²) < 4.78 is 11.0. The Labute approximate surface area is 176 Å². The van der Waals surface area contributed by atoms with Gasteiger partial charge in [-0.05, 0) is 42.4 Å². The van der Waals surface area contributed by atoms with Crippen LogP contribution in [0, 0.1) is 5.92 Å². The summed E-state index contributed by atoms with van der Waals surface area (Å²) in [6, 6.07) is 16.1. The molecule has 0 aliphatic carbocycles. The lowest BCUT2D eigenvalue weighted by Gasteiger charge is -2.30. The first-order chi connectivity index (χ1) is 14.5. The number of amides is 1. The molecule has 1 N–H and O–H groups in total. The molecule has 1 amide bonds. The van der Waals surface area contributed by atoms with Crippen LogP contribution in [0.1, 0.15) is 10.4 Å². The predicted molar refractivity (Wildman–Crippen MR) is 114 cm³/mol. The number of rotatable bonds is 3. The van der Waals surface area contributed by atoms with Gasteiger partial charge in [0.05, 0.1) is 26.4 Å². The number of nitrogens with zero attached hydrogens (tertiary/aromatic N) is 2. The average molecular weight is 412 g/mol. The number of carbonyl (C=O) groups is 2. The lowest BCUT2D eigenvalue weighted by Crippen LogP contribution is -2.44. The van der Waals surface area contributed by atoms with Gasteiger partial charge in [-0.3, -0.25) is 14.5 Å². The molecule has 2 aromatic rings. The zero-order valence-electron chi connectivity index (χ0n) is 17.4. The summed E-state index contributed by atoms with van der Waals surface area (Å²) in [7, 11) is 3.79. The minimum Gasteiger partial charge on any atom is -0.497 e. The summed E-state index contributed by atoms with van der Waals surface area (Å²) in [5, 5.41) is 6.89. The highest BCUT2D eigenvalue weighted by atomic mass is 16.5. The summed E-state index contributed by atoms with van der Waals surface area (Å²) in [5.74, 6) is 1.31. The first-order valence-electron chi connectivity index (χ1n) is 9.95. The summed E-state index contributed by atoms with van der Waals surface area (Å²) in [6.45, 7) is 3.64. The number of carbonyl (C=O) groups excluding carboxylic acids is 1. The molecule has 7 nitrogen and oxygen atoms in total. The molecule has 2 fully saturated rings. The molecule has 2 aliphatic heterocycles. The van der Waals surface area contributed by atoms with Gasteiger partial charge in [-0.25, -0.2) is 0 Å². The maximum absolute atomic E-state index is 13.2. The molecule has 0 spiro atoms. The highest BCUT2D eigenvalue weighted by molar-refractivity contribution is 5.95. The van der Waals surface area contributed by atoms with Gasteiger partial charge >= 0.3 is 0 Å². The smallest absolute Gasteiger partial charge is 0.290 e. The molecule has 160 valence electrons. The molecule has 2 bridgehead atoms. The highest BCUT2D eigenvalue weighted by Crippen LogP contribution is 2.25. The summed E-state index contributed by atoms with van der Waals surface area (Å²) in [5.41, 5.74) is 2.86. The van der Waals surface area contributed by atoms with Crippen LogP contribution in [0.4, 0.5) is 0 Å². The maximum Gasteiger partial charge on any atom is 0.290 e. The van der Waals surface area contributed by atoms with Crippen LogP contribution in [0.5, 0.6) is 5.75 Å². The van der Waals surface area contributed by atoms with Gasteiger partial charge in [-0.2, -0.15) is 0 Å². The van der Waals surface area contributed by atoms with Crippen LogP contribution in [-0.4, -0.2) is 80.3 Å². The molecule has 2 saturated heterocycles. The van der Waals surface area contributed by atoms with Gasteiger partial charge in [0.2, 0.25) is 0 Å². The van der Waals surface area contributed by atoms with E-state index in [-0.39, 0.29) is 18.4 Å². The third-order valence-corrected chi connectivity index (χ3v) is 5.56. The van der Waals surface area contributed by atoms with Crippen LogP contribution < -0.4 is 4.74 Å². The number of ether oxygens (including phenoxy) is 2. The highest BCUT2D eigenvalue weighted by Gasteiger charge is 2.33. The minimum absolute atomic E-state index is 0.109. The fourth-order valence-corrected chi connectivity index (χ4v) is 4.01. The topological polar surface area (TPSA) is 79.3 Å². The van der Waals surface area contributed by atoms with E-state index < -0.39 is 0 Å². The Hall–Kier alpha value is -2.90. The van der Waals surface area contributed by atoms with E-state index in [0.717, 1.165) is 48.7 Å². The Balaban J connectivity index is 0.000000806. The summed E-state index contributed by atoms with van der Waals surface area (Å²) in [6.07, 6.45) is 0. The fraction of sp³-hybridized carbons (Fsp3) is 0.391. The molecule has 2 atom stereocenters. The lowest BCUT2D eigenvalue weighted by atomic mass is 10.0. The Morgan fingerprint density at radius 1 is 1.10 bits per heavy atom. The van der Waals surface area contributed by atoms with E-state index in [9.17, 15) is 4.79 Å². The van der Waals surface area contributed by atoms with Gasteiger partial charge in [0.1, 0.15) is 5.75 Å². The number of carboxylic acid groups (broad SMARTS) is 1. The van der Waals surface area contributed by atoms with E-state index in [2.05, 4.69) is 11.9 Å². The Kier molecular flexibility index (Phi) is 7.43. The second kappa shape index (κ2) is 10.2. The first kappa shape index (κ1) is 21.8. The average Bonchev–Trinajstić information content (AvgIpc) is 3.02. The molecule has 2 heterocycles. The van der Waals surface area contributed by atoms with Gasteiger partial charge in [0.15, 0.2) is 0 Å². The van der Waals surface area contributed by atoms with Crippen LogP contribution in [0.3, 0.4) is 0 Å². The molecule has 2 aliphatic rings. The van der Waals surface area contributed by atoms with Crippen molar-refractivity contribution in [3.63, 3.8) is 0 Å². The van der Waals surface area contributed by atoms with Gasteiger partial charge in [-0.1, -0.05) is 24.3 Å². The molecular formula is C23H28N2O5.